The summed E-state index contributed by atoms with van der Waals surface area (Å²) in [4.78, 5) is 27.2. The first-order chi connectivity index (χ1) is 18.9. The molecule has 1 unspecified atom stereocenters. The lowest BCUT2D eigenvalue weighted by Gasteiger charge is -2.38. The first-order valence-corrected chi connectivity index (χ1v) is 13.8. The van der Waals surface area contributed by atoms with Crippen molar-refractivity contribution < 1.29 is 18.7 Å². The van der Waals surface area contributed by atoms with Crippen molar-refractivity contribution in [2.45, 2.75) is 29.5 Å². The molecule has 1 aromatic heterocycles. The Morgan fingerprint density at radius 2 is 2.10 bits per heavy atom. The average molecular weight is 563 g/mol. The molecule has 2 aliphatic rings. The Kier molecular flexibility index (Phi) is 7.63. The standard InChI is InChI=1S/C27H23FN6O3S2/c1-37-16-7-4-6-15(12-16)31-22(36)14-38-27-33-32-26(39-27)34-20-10-5-11-21(35)24(20)23(18(13-29)25(34)30)17-8-2-3-9-19(17)28/h2-4,6-9,12,23H,5,10-11,14,30H2,1H3,(H,31,36). The minimum atomic E-state index is -0.891. The Morgan fingerprint density at radius 1 is 1.28 bits per heavy atom. The minimum Gasteiger partial charge on any atom is -0.497 e. The predicted octanol–water partition coefficient (Wildman–Crippen LogP) is 4.72. The topological polar surface area (TPSA) is 134 Å². The molecule has 0 saturated carbocycles. The highest BCUT2D eigenvalue weighted by Gasteiger charge is 2.42. The van der Waals surface area contributed by atoms with E-state index in [2.05, 4.69) is 21.6 Å². The summed E-state index contributed by atoms with van der Waals surface area (Å²) < 4.78 is 20.6. The number of methoxy groups -OCH3 is 1. The molecule has 9 nitrogen and oxygen atoms in total. The summed E-state index contributed by atoms with van der Waals surface area (Å²) in [5.74, 6) is -0.982. The number of hydrogen-bond donors (Lipinski definition) is 2. The zero-order chi connectivity index (χ0) is 27.5. The van der Waals surface area contributed by atoms with Gasteiger partial charge in [0.25, 0.3) is 0 Å². The number of ketones is 1. The van der Waals surface area contributed by atoms with Crippen LogP contribution >= 0.6 is 23.1 Å². The van der Waals surface area contributed by atoms with Gasteiger partial charge in [-0.25, -0.2) is 4.39 Å². The number of thioether (sulfide) groups is 1. The van der Waals surface area contributed by atoms with Crippen molar-refractivity contribution in [2.24, 2.45) is 5.73 Å². The number of Topliss-reactive ketones (excluding diaryl/α,β-unsaturated/α-hetero) is 1. The predicted molar refractivity (Wildman–Crippen MR) is 147 cm³/mol. The van der Waals surface area contributed by atoms with E-state index in [4.69, 9.17) is 10.5 Å². The number of benzene rings is 2. The molecule has 0 fully saturated rings. The molecule has 3 N–H and O–H groups in total. The molecule has 3 aromatic rings. The number of halogens is 1. The Bertz CT molecular complexity index is 1560. The lowest BCUT2D eigenvalue weighted by Crippen LogP contribution is -2.38. The molecule has 1 aliphatic carbocycles. The molecule has 1 atom stereocenters. The van der Waals surface area contributed by atoms with Gasteiger partial charge in [0, 0.05) is 35.0 Å². The second-order valence-electron chi connectivity index (χ2n) is 8.76. The van der Waals surface area contributed by atoms with Gasteiger partial charge in [-0.15, -0.1) is 10.2 Å². The van der Waals surface area contributed by atoms with Crippen LogP contribution in [0.3, 0.4) is 0 Å². The van der Waals surface area contributed by atoms with Crippen LogP contribution in [0.1, 0.15) is 30.7 Å². The summed E-state index contributed by atoms with van der Waals surface area (Å²) in [5, 5.41) is 21.7. The molecule has 198 valence electrons. The van der Waals surface area contributed by atoms with E-state index in [1.54, 1.807) is 54.5 Å². The third-order valence-corrected chi connectivity index (χ3v) is 8.44. The highest BCUT2D eigenvalue weighted by atomic mass is 32.2. The number of rotatable bonds is 7. The van der Waals surface area contributed by atoms with Crippen LogP contribution in [0.15, 0.2) is 75.5 Å². The number of anilines is 2. The molecular weight excluding hydrogens is 539 g/mol. The van der Waals surface area contributed by atoms with Gasteiger partial charge in [0.15, 0.2) is 10.1 Å². The number of carbonyl (C=O) groups is 2. The largest absolute Gasteiger partial charge is 0.497 e. The van der Waals surface area contributed by atoms with Crippen LogP contribution in [0.4, 0.5) is 15.2 Å². The van der Waals surface area contributed by atoms with E-state index in [0.717, 1.165) is 0 Å². The summed E-state index contributed by atoms with van der Waals surface area (Å²) in [6.07, 6.45) is 1.41. The van der Waals surface area contributed by atoms with Crippen LogP contribution < -0.4 is 20.7 Å². The van der Waals surface area contributed by atoms with E-state index in [9.17, 15) is 19.2 Å². The second-order valence-corrected chi connectivity index (χ2v) is 10.9. The van der Waals surface area contributed by atoms with Gasteiger partial charge in [-0.1, -0.05) is 47.4 Å². The van der Waals surface area contributed by atoms with Crippen molar-refractivity contribution in [1.29, 1.82) is 5.26 Å². The van der Waals surface area contributed by atoms with Crippen LogP contribution in [0.2, 0.25) is 0 Å². The highest BCUT2D eigenvalue weighted by molar-refractivity contribution is 8.01. The van der Waals surface area contributed by atoms with Crippen LogP contribution in [0, 0.1) is 17.1 Å². The molecule has 0 spiro atoms. The number of nitrogens with zero attached hydrogens (tertiary/aromatic N) is 4. The Balaban J connectivity index is 1.41. The van der Waals surface area contributed by atoms with Gasteiger partial charge in [0.05, 0.1) is 30.4 Å². The molecule has 2 aromatic carbocycles. The zero-order valence-corrected chi connectivity index (χ0v) is 22.4. The van der Waals surface area contributed by atoms with Gasteiger partial charge in [-0.2, -0.15) is 5.26 Å². The maximum atomic E-state index is 14.9. The van der Waals surface area contributed by atoms with E-state index in [1.807, 2.05) is 0 Å². The minimum absolute atomic E-state index is 0.0798. The fourth-order valence-corrected chi connectivity index (χ4v) is 6.38. The monoisotopic (exact) mass is 562 g/mol. The van der Waals surface area contributed by atoms with Crippen molar-refractivity contribution in [2.75, 3.05) is 23.1 Å². The second kappa shape index (κ2) is 11.3. The van der Waals surface area contributed by atoms with Gasteiger partial charge in [0.2, 0.25) is 11.0 Å². The number of amides is 1. The van der Waals surface area contributed by atoms with Crippen LogP contribution in [-0.4, -0.2) is 34.8 Å². The van der Waals surface area contributed by atoms with Crippen molar-refractivity contribution in [3.05, 3.63) is 82.6 Å². The molecule has 1 aliphatic heterocycles. The lowest BCUT2D eigenvalue weighted by molar-refractivity contribution is -0.116. The fourth-order valence-electron chi connectivity index (χ4n) is 4.70. The molecule has 1 amide bonds. The smallest absolute Gasteiger partial charge is 0.234 e. The Labute approximate surface area is 232 Å². The number of nitriles is 1. The molecule has 0 radical (unpaired) electrons. The number of hydrogen-bond acceptors (Lipinski definition) is 10. The van der Waals surface area contributed by atoms with Crippen molar-refractivity contribution in [3.63, 3.8) is 0 Å². The molecule has 0 bridgehead atoms. The number of carbonyl (C=O) groups excluding carboxylic acids is 2. The Hall–Kier alpha value is -4.21. The summed E-state index contributed by atoms with van der Waals surface area (Å²) in [6, 6.07) is 15.3. The van der Waals surface area contributed by atoms with Crippen molar-refractivity contribution >= 4 is 45.6 Å². The third kappa shape index (κ3) is 5.23. The summed E-state index contributed by atoms with van der Waals surface area (Å²) in [7, 11) is 1.55. The number of nitrogens with two attached hydrogens (primary N) is 1. The summed E-state index contributed by atoms with van der Waals surface area (Å²) >= 11 is 2.39. The summed E-state index contributed by atoms with van der Waals surface area (Å²) in [5.41, 5.74) is 8.39. The SMILES string of the molecule is COc1cccc(NC(=O)CSc2nnc(N3C(N)=C(C#N)C(c4ccccc4F)C4=C3CCCC4=O)s2)c1. The van der Waals surface area contributed by atoms with E-state index in [0.29, 0.717) is 51.4 Å². The van der Waals surface area contributed by atoms with Crippen molar-refractivity contribution in [3.8, 4) is 11.8 Å². The molecule has 0 saturated heterocycles. The maximum absolute atomic E-state index is 14.9. The Morgan fingerprint density at radius 3 is 2.87 bits per heavy atom. The molecule has 12 heteroatoms. The highest BCUT2D eigenvalue weighted by Crippen LogP contribution is 2.47. The number of aromatic nitrogens is 2. The lowest BCUT2D eigenvalue weighted by atomic mass is 9.75. The number of ether oxygens (including phenoxy) is 1. The van der Waals surface area contributed by atoms with Gasteiger partial charge in [-0.3, -0.25) is 14.5 Å². The maximum Gasteiger partial charge on any atom is 0.234 e. The van der Waals surface area contributed by atoms with E-state index in [1.165, 1.54) is 29.2 Å². The van der Waals surface area contributed by atoms with Crippen LogP contribution in [-0.2, 0) is 9.59 Å². The number of nitrogens with one attached hydrogen (secondary N) is 1. The first kappa shape index (κ1) is 26.4. The fraction of sp³-hybridized carbons (Fsp3) is 0.222. The molecule has 39 heavy (non-hydrogen) atoms. The van der Waals surface area contributed by atoms with E-state index in [-0.39, 0.29) is 34.4 Å². The summed E-state index contributed by atoms with van der Waals surface area (Å²) in [6.45, 7) is 0. The zero-order valence-electron chi connectivity index (χ0n) is 20.8. The molecular formula is C27H23FN6O3S2. The van der Waals surface area contributed by atoms with Crippen molar-refractivity contribution in [1.82, 2.24) is 10.2 Å². The average Bonchev–Trinajstić information content (AvgIpc) is 3.40. The van der Waals surface area contributed by atoms with Crippen LogP contribution in [0.5, 0.6) is 5.75 Å². The van der Waals surface area contributed by atoms with Gasteiger partial charge >= 0.3 is 0 Å². The van der Waals surface area contributed by atoms with Crippen LogP contribution in [0.25, 0.3) is 0 Å². The van der Waals surface area contributed by atoms with Gasteiger partial charge < -0.3 is 15.8 Å². The first-order valence-electron chi connectivity index (χ1n) is 12.0. The normalized spacial score (nSPS) is 17.1. The van der Waals surface area contributed by atoms with E-state index < -0.39 is 11.7 Å². The van der Waals surface area contributed by atoms with E-state index >= 15 is 0 Å². The molecule has 5 rings (SSSR count). The molecule has 2 heterocycles. The third-order valence-electron chi connectivity index (χ3n) is 6.40. The van der Waals surface area contributed by atoms with Gasteiger partial charge in [-0.05, 0) is 31.0 Å². The number of allylic oxidation sites excluding steroid dienone is 3. The quantitative estimate of drug-likeness (QED) is 0.392. The van der Waals surface area contributed by atoms with Gasteiger partial charge in [0.1, 0.15) is 17.4 Å².